The summed E-state index contributed by atoms with van der Waals surface area (Å²) in [7, 11) is -3.21. The van der Waals surface area contributed by atoms with Crippen LogP contribution in [0, 0.1) is 5.92 Å². The predicted molar refractivity (Wildman–Crippen MR) is 84.7 cm³/mol. The average molecular weight is 312 g/mol. The van der Waals surface area contributed by atoms with Crippen LogP contribution in [0.5, 0.6) is 5.75 Å². The summed E-state index contributed by atoms with van der Waals surface area (Å²) in [5, 5.41) is 0. The van der Waals surface area contributed by atoms with Crippen molar-refractivity contribution in [2.24, 2.45) is 5.92 Å². The number of benzene rings is 1. The van der Waals surface area contributed by atoms with Crippen molar-refractivity contribution < 1.29 is 13.2 Å². The molecule has 1 aliphatic heterocycles. The van der Waals surface area contributed by atoms with Gasteiger partial charge in [0.15, 0.2) is 0 Å². The van der Waals surface area contributed by atoms with Crippen LogP contribution in [0.1, 0.15) is 26.2 Å². The summed E-state index contributed by atoms with van der Waals surface area (Å²) < 4.78 is 31.6. The zero-order valence-electron chi connectivity index (χ0n) is 12.5. The third kappa shape index (κ3) is 4.61. The topological polar surface area (TPSA) is 72.6 Å². The highest BCUT2D eigenvalue weighted by Crippen LogP contribution is 2.23. The van der Waals surface area contributed by atoms with Gasteiger partial charge in [0.1, 0.15) is 12.4 Å². The highest BCUT2D eigenvalue weighted by Gasteiger charge is 2.30. The summed E-state index contributed by atoms with van der Waals surface area (Å²) in [5.74, 6) is 1.18. The molecule has 1 aliphatic rings. The second kappa shape index (κ2) is 7.13. The maximum Gasteiger partial charge on any atom is 0.217 e. The normalized spacial score (nSPS) is 19.8. The van der Waals surface area contributed by atoms with Crippen LogP contribution in [0.15, 0.2) is 24.3 Å². The molecule has 1 unspecified atom stereocenters. The van der Waals surface area contributed by atoms with Gasteiger partial charge in [-0.05, 0) is 43.0 Å². The molecule has 1 aromatic carbocycles. The Labute approximate surface area is 127 Å². The molecule has 1 fully saturated rings. The second-order valence-electron chi connectivity index (χ2n) is 5.53. The van der Waals surface area contributed by atoms with Crippen molar-refractivity contribution in [1.82, 2.24) is 4.31 Å². The number of hydrogen-bond acceptors (Lipinski definition) is 4. The third-order valence-corrected chi connectivity index (χ3v) is 5.63. The average Bonchev–Trinajstić information content (AvgIpc) is 2.91. The van der Waals surface area contributed by atoms with Crippen molar-refractivity contribution in [3.8, 4) is 5.75 Å². The Morgan fingerprint density at radius 1 is 1.33 bits per heavy atom. The molecule has 1 aromatic rings. The molecular weight excluding hydrogens is 288 g/mol. The van der Waals surface area contributed by atoms with Crippen LogP contribution < -0.4 is 10.5 Å². The fraction of sp³-hybridized carbons (Fsp3) is 0.600. The third-order valence-electron chi connectivity index (χ3n) is 3.83. The van der Waals surface area contributed by atoms with Gasteiger partial charge in [-0.1, -0.05) is 13.3 Å². The molecule has 6 heteroatoms. The molecule has 118 valence electrons. The first-order valence-corrected chi connectivity index (χ1v) is 9.08. The molecule has 0 aromatic heterocycles. The summed E-state index contributed by atoms with van der Waals surface area (Å²) >= 11 is 0. The van der Waals surface area contributed by atoms with E-state index in [0.29, 0.717) is 30.4 Å². The zero-order valence-corrected chi connectivity index (χ0v) is 13.3. The van der Waals surface area contributed by atoms with E-state index in [0.717, 1.165) is 19.3 Å². The number of rotatable bonds is 7. The summed E-state index contributed by atoms with van der Waals surface area (Å²) in [6.07, 6.45) is 3.19. The van der Waals surface area contributed by atoms with Gasteiger partial charge in [0, 0.05) is 18.8 Å². The smallest absolute Gasteiger partial charge is 0.217 e. The number of hydrogen-bond donors (Lipinski definition) is 1. The highest BCUT2D eigenvalue weighted by atomic mass is 32.2. The monoisotopic (exact) mass is 312 g/mol. The van der Waals surface area contributed by atoms with Crippen molar-refractivity contribution >= 4 is 15.7 Å². The van der Waals surface area contributed by atoms with Crippen molar-refractivity contribution in [3.05, 3.63) is 24.3 Å². The number of sulfonamides is 1. The molecule has 0 amide bonds. The van der Waals surface area contributed by atoms with E-state index in [1.54, 1.807) is 28.6 Å². The Kier molecular flexibility index (Phi) is 5.47. The molecule has 2 rings (SSSR count). The molecule has 1 atom stereocenters. The second-order valence-corrected chi connectivity index (χ2v) is 7.62. The number of nitrogens with two attached hydrogens (primary N) is 1. The lowest BCUT2D eigenvalue weighted by molar-refractivity contribution is 0.336. The molecule has 1 saturated heterocycles. The lowest BCUT2D eigenvalue weighted by Crippen LogP contribution is -2.33. The fourth-order valence-electron chi connectivity index (χ4n) is 2.65. The van der Waals surface area contributed by atoms with E-state index in [9.17, 15) is 8.42 Å². The van der Waals surface area contributed by atoms with Crippen LogP contribution in [0.25, 0.3) is 0 Å². The van der Waals surface area contributed by atoms with Gasteiger partial charge in [0.2, 0.25) is 10.0 Å². The molecule has 2 N–H and O–H groups in total. The van der Waals surface area contributed by atoms with Crippen LogP contribution >= 0.6 is 0 Å². The van der Waals surface area contributed by atoms with E-state index in [-0.39, 0.29) is 12.4 Å². The summed E-state index contributed by atoms with van der Waals surface area (Å²) in [6, 6.07) is 6.96. The Morgan fingerprint density at radius 2 is 2.05 bits per heavy atom. The van der Waals surface area contributed by atoms with E-state index in [1.807, 2.05) is 0 Å². The fourth-order valence-corrected chi connectivity index (χ4v) is 4.03. The lowest BCUT2D eigenvalue weighted by Gasteiger charge is -2.16. The first kappa shape index (κ1) is 16.1. The highest BCUT2D eigenvalue weighted by molar-refractivity contribution is 7.89. The Morgan fingerprint density at radius 3 is 2.71 bits per heavy atom. The van der Waals surface area contributed by atoms with Gasteiger partial charge < -0.3 is 10.5 Å². The van der Waals surface area contributed by atoms with E-state index >= 15 is 0 Å². The molecule has 21 heavy (non-hydrogen) atoms. The molecule has 0 aliphatic carbocycles. The largest absolute Gasteiger partial charge is 0.492 e. The standard InChI is InChI=1S/C15H24N2O3S/c1-2-3-13-8-9-17(12-13)21(18,19)11-10-20-15-6-4-14(16)5-7-15/h4-7,13H,2-3,8-12,16H2,1H3. The summed E-state index contributed by atoms with van der Waals surface area (Å²) in [5.41, 5.74) is 6.25. The van der Waals surface area contributed by atoms with Gasteiger partial charge in [0.05, 0.1) is 5.75 Å². The van der Waals surface area contributed by atoms with Crippen LogP contribution in [0.2, 0.25) is 0 Å². The van der Waals surface area contributed by atoms with Crippen molar-refractivity contribution in [2.75, 3.05) is 31.2 Å². The quantitative estimate of drug-likeness (QED) is 0.783. The Bertz CT molecular complexity index is 543. The molecule has 0 bridgehead atoms. The molecule has 5 nitrogen and oxygen atoms in total. The lowest BCUT2D eigenvalue weighted by atomic mass is 10.0. The van der Waals surface area contributed by atoms with E-state index in [4.69, 9.17) is 10.5 Å². The minimum Gasteiger partial charge on any atom is -0.492 e. The molecule has 0 saturated carbocycles. The first-order chi connectivity index (χ1) is 10.0. The van der Waals surface area contributed by atoms with E-state index in [2.05, 4.69) is 6.92 Å². The van der Waals surface area contributed by atoms with Crippen molar-refractivity contribution in [1.29, 1.82) is 0 Å². The summed E-state index contributed by atoms with van der Waals surface area (Å²) in [4.78, 5) is 0. The predicted octanol–water partition coefficient (Wildman–Crippen LogP) is 2.10. The number of nitrogens with zero attached hydrogens (tertiary/aromatic N) is 1. The van der Waals surface area contributed by atoms with Gasteiger partial charge in [-0.25, -0.2) is 12.7 Å². The minimum atomic E-state index is -3.21. The Balaban J connectivity index is 1.80. The molecule has 0 spiro atoms. The molecule has 1 heterocycles. The van der Waals surface area contributed by atoms with Gasteiger partial charge in [-0.3, -0.25) is 0 Å². The van der Waals surface area contributed by atoms with Crippen molar-refractivity contribution in [2.45, 2.75) is 26.2 Å². The number of anilines is 1. The minimum absolute atomic E-state index is 0.0240. The SMILES string of the molecule is CCCC1CCN(S(=O)(=O)CCOc2ccc(N)cc2)C1. The van der Waals surface area contributed by atoms with Crippen LogP contribution in [-0.2, 0) is 10.0 Å². The van der Waals surface area contributed by atoms with Gasteiger partial charge >= 0.3 is 0 Å². The van der Waals surface area contributed by atoms with Crippen molar-refractivity contribution in [3.63, 3.8) is 0 Å². The zero-order chi connectivity index (χ0) is 15.3. The summed E-state index contributed by atoms with van der Waals surface area (Å²) in [6.45, 7) is 3.62. The van der Waals surface area contributed by atoms with E-state index in [1.165, 1.54) is 0 Å². The van der Waals surface area contributed by atoms with Crippen LogP contribution in [0.3, 0.4) is 0 Å². The van der Waals surface area contributed by atoms with Crippen LogP contribution in [-0.4, -0.2) is 38.2 Å². The molecular formula is C15H24N2O3S. The van der Waals surface area contributed by atoms with Gasteiger partial charge in [-0.2, -0.15) is 0 Å². The molecule has 0 radical (unpaired) electrons. The van der Waals surface area contributed by atoms with Gasteiger partial charge in [0.25, 0.3) is 0 Å². The maximum atomic E-state index is 12.3. The number of nitrogen functional groups attached to an aromatic ring is 1. The first-order valence-electron chi connectivity index (χ1n) is 7.47. The maximum absolute atomic E-state index is 12.3. The Hall–Kier alpha value is -1.27. The van der Waals surface area contributed by atoms with Gasteiger partial charge in [-0.15, -0.1) is 0 Å². The van der Waals surface area contributed by atoms with E-state index < -0.39 is 10.0 Å². The van der Waals surface area contributed by atoms with Crippen LogP contribution in [0.4, 0.5) is 5.69 Å². The number of ether oxygens (including phenoxy) is 1.